The van der Waals surface area contributed by atoms with Gasteiger partial charge in [0.15, 0.2) is 0 Å². The van der Waals surface area contributed by atoms with Crippen LogP contribution in [0.2, 0.25) is 0 Å². The van der Waals surface area contributed by atoms with E-state index in [1.54, 1.807) is 0 Å². The molecule has 0 aliphatic carbocycles. The Labute approximate surface area is 127 Å². The lowest BCUT2D eigenvalue weighted by atomic mass is 10.1. The van der Waals surface area contributed by atoms with Crippen molar-refractivity contribution in [3.63, 3.8) is 0 Å². The average molecular weight is 295 g/mol. The second-order valence-corrected chi connectivity index (χ2v) is 5.18. The smallest absolute Gasteiger partial charge is 0.233 e. The molecule has 3 rings (SSSR count). The molecule has 0 unspecified atom stereocenters. The van der Waals surface area contributed by atoms with Crippen LogP contribution in [0.3, 0.4) is 0 Å². The van der Waals surface area contributed by atoms with Gasteiger partial charge in [0, 0.05) is 34.0 Å². The molecular formula is C17H17N3O2. The van der Waals surface area contributed by atoms with Crippen LogP contribution >= 0.6 is 0 Å². The van der Waals surface area contributed by atoms with Gasteiger partial charge in [-0.2, -0.15) is 0 Å². The van der Waals surface area contributed by atoms with Gasteiger partial charge >= 0.3 is 0 Å². The first-order valence-electron chi connectivity index (χ1n) is 7.19. The van der Waals surface area contributed by atoms with Crippen LogP contribution in [0.25, 0.3) is 21.8 Å². The molecule has 0 saturated carbocycles. The number of nitrogens with one attached hydrogen (secondary N) is 1. The normalized spacial score (nSPS) is 11.0. The van der Waals surface area contributed by atoms with Crippen LogP contribution in [0.15, 0.2) is 42.5 Å². The minimum Gasteiger partial charge on any atom is -0.369 e. The molecule has 0 spiro atoms. The third kappa shape index (κ3) is 2.41. The second-order valence-electron chi connectivity index (χ2n) is 5.18. The fourth-order valence-electron chi connectivity index (χ4n) is 2.84. The van der Waals surface area contributed by atoms with Gasteiger partial charge in [-0.3, -0.25) is 9.59 Å². The van der Waals surface area contributed by atoms with Crippen LogP contribution in [-0.2, 0) is 16.1 Å². The first-order valence-corrected chi connectivity index (χ1v) is 7.19. The van der Waals surface area contributed by atoms with E-state index in [9.17, 15) is 9.59 Å². The number of nitrogens with zero attached hydrogens (tertiary/aromatic N) is 1. The van der Waals surface area contributed by atoms with Crippen molar-refractivity contribution in [2.24, 2.45) is 5.73 Å². The lowest BCUT2D eigenvalue weighted by Crippen LogP contribution is -2.21. The summed E-state index contributed by atoms with van der Waals surface area (Å²) in [6, 6.07) is 13.9. The number of carbonyl (C=O) groups excluding carboxylic acids is 2. The van der Waals surface area contributed by atoms with Gasteiger partial charge in [0.1, 0.15) is 6.42 Å². The SMILES string of the molecule is CCn1c2ccccc2c2cc(NC(=O)CC(N)=O)ccc21. The van der Waals surface area contributed by atoms with Crippen molar-refractivity contribution in [3.05, 3.63) is 42.5 Å². The Morgan fingerprint density at radius 2 is 1.82 bits per heavy atom. The number of aryl methyl sites for hydroxylation is 1. The molecule has 5 nitrogen and oxygen atoms in total. The van der Waals surface area contributed by atoms with Crippen LogP contribution in [0, 0.1) is 0 Å². The van der Waals surface area contributed by atoms with E-state index in [-0.39, 0.29) is 6.42 Å². The van der Waals surface area contributed by atoms with Crippen LogP contribution in [0.4, 0.5) is 5.69 Å². The number of amides is 2. The Kier molecular flexibility index (Phi) is 3.55. The van der Waals surface area contributed by atoms with E-state index in [0.29, 0.717) is 5.69 Å². The molecule has 0 aliphatic heterocycles. The highest BCUT2D eigenvalue weighted by atomic mass is 16.2. The van der Waals surface area contributed by atoms with Gasteiger partial charge in [-0.05, 0) is 31.2 Å². The van der Waals surface area contributed by atoms with Crippen molar-refractivity contribution >= 4 is 39.3 Å². The van der Waals surface area contributed by atoms with E-state index >= 15 is 0 Å². The number of fused-ring (bicyclic) bond motifs is 3. The Morgan fingerprint density at radius 3 is 2.55 bits per heavy atom. The molecular weight excluding hydrogens is 278 g/mol. The van der Waals surface area contributed by atoms with Gasteiger partial charge in [-0.25, -0.2) is 0 Å². The number of rotatable bonds is 4. The molecule has 0 aliphatic rings. The van der Waals surface area contributed by atoms with Crippen LogP contribution < -0.4 is 11.1 Å². The molecule has 0 atom stereocenters. The number of anilines is 1. The summed E-state index contributed by atoms with van der Waals surface area (Å²) in [5, 5.41) is 4.93. The van der Waals surface area contributed by atoms with Gasteiger partial charge in [0.05, 0.1) is 0 Å². The van der Waals surface area contributed by atoms with E-state index in [1.807, 2.05) is 30.3 Å². The van der Waals surface area contributed by atoms with Gasteiger partial charge in [-0.15, -0.1) is 0 Å². The largest absolute Gasteiger partial charge is 0.369 e. The summed E-state index contributed by atoms with van der Waals surface area (Å²) in [4.78, 5) is 22.5. The minimum absolute atomic E-state index is 0.311. The monoisotopic (exact) mass is 295 g/mol. The van der Waals surface area contributed by atoms with Crippen molar-refractivity contribution in [1.29, 1.82) is 0 Å². The van der Waals surface area contributed by atoms with Gasteiger partial charge in [0.2, 0.25) is 11.8 Å². The quantitative estimate of drug-likeness (QED) is 0.726. The van der Waals surface area contributed by atoms with E-state index in [0.717, 1.165) is 22.8 Å². The van der Waals surface area contributed by atoms with Gasteiger partial charge in [0.25, 0.3) is 0 Å². The first kappa shape index (κ1) is 14.1. The molecule has 3 aromatic rings. The predicted octanol–water partition coefficient (Wildman–Crippen LogP) is 2.63. The highest BCUT2D eigenvalue weighted by Crippen LogP contribution is 2.30. The van der Waals surface area contributed by atoms with Crippen LogP contribution in [0.1, 0.15) is 13.3 Å². The molecule has 5 heteroatoms. The molecule has 0 fully saturated rings. The molecule has 2 amide bonds. The molecule has 112 valence electrons. The number of primary amides is 1. The van der Waals surface area contributed by atoms with Gasteiger partial charge < -0.3 is 15.6 Å². The average Bonchev–Trinajstić information content (AvgIpc) is 2.79. The maximum absolute atomic E-state index is 11.7. The molecule has 0 radical (unpaired) electrons. The third-order valence-corrected chi connectivity index (χ3v) is 3.71. The highest BCUT2D eigenvalue weighted by Gasteiger charge is 2.11. The highest BCUT2D eigenvalue weighted by molar-refractivity contribution is 6.10. The zero-order valence-corrected chi connectivity index (χ0v) is 12.3. The molecule has 1 heterocycles. The number of aromatic nitrogens is 1. The topological polar surface area (TPSA) is 77.1 Å². The van der Waals surface area contributed by atoms with Crippen molar-refractivity contribution in [2.75, 3.05) is 5.32 Å². The Morgan fingerprint density at radius 1 is 1.09 bits per heavy atom. The summed E-state index contributed by atoms with van der Waals surface area (Å²) in [7, 11) is 0. The van der Waals surface area contributed by atoms with Crippen molar-refractivity contribution in [1.82, 2.24) is 4.57 Å². The molecule has 1 aromatic heterocycles. The Bertz CT molecular complexity index is 880. The molecule has 2 aromatic carbocycles. The third-order valence-electron chi connectivity index (χ3n) is 3.71. The fraction of sp³-hybridized carbons (Fsp3) is 0.176. The zero-order valence-electron chi connectivity index (χ0n) is 12.3. The molecule has 0 saturated heterocycles. The lowest BCUT2D eigenvalue weighted by Gasteiger charge is -2.05. The standard InChI is InChI=1S/C17H17N3O2/c1-2-20-14-6-4-3-5-12(14)13-9-11(7-8-15(13)20)19-17(22)10-16(18)21/h3-9H,2,10H2,1H3,(H2,18,21)(H,19,22). The van der Waals surface area contributed by atoms with E-state index < -0.39 is 11.8 Å². The van der Waals surface area contributed by atoms with E-state index in [2.05, 4.69) is 28.9 Å². The summed E-state index contributed by atoms with van der Waals surface area (Å²) in [6.07, 6.45) is -0.311. The number of carbonyl (C=O) groups is 2. The predicted molar refractivity (Wildman–Crippen MR) is 87.6 cm³/mol. The van der Waals surface area contributed by atoms with E-state index in [4.69, 9.17) is 5.73 Å². The maximum atomic E-state index is 11.7. The fourth-order valence-corrected chi connectivity index (χ4v) is 2.84. The number of hydrogen-bond acceptors (Lipinski definition) is 2. The van der Waals surface area contributed by atoms with Crippen LogP contribution in [-0.4, -0.2) is 16.4 Å². The molecule has 0 bridgehead atoms. The lowest BCUT2D eigenvalue weighted by molar-refractivity contribution is -0.124. The van der Waals surface area contributed by atoms with Crippen molar-refractivity contribution in [2.45, 2.75) is 19.9 Å². The Balaban J connectivity index is 2.08. The van der Waals surface area contributed by atoms with Gasteiger partial charge in [-0.1, -0.05) is 18.2 Å². The summed E-state index contributed by atoms with van der Waals surface area (Å²) in [5.74, 6) is -1.03. The van der Waals surface area contributed by atoms with E-state index in [1.165, 1.54) is 5.52 Å². The minimum atomic E-state index is -0.638. The van der Waals surface area contributed by atoms with Crippen molar-refractivity contribution < 1.29 is 9.59 Å². The van der Waals surface area contributed by atoms with Crippen LogP contribution in [0.5, 0.6) is 0 Å². The molecule has 22 heavy (non-hydrogen) atoms. The number of nitrogens with two attached hydrogens (primary N) is 1. The summed E-state index contributed by atoms with van der Waals surface area (Å²) >= 11 is 0. The summed E-state index contributed by atoms with van der Waals surface area (Å²) in [5.41, 5.74) is 7.98. The first-order chi connectivity index (χ1) is 10.6. The summed E-state index contributed by atoms with van der Waals surface area (Å²) < 4.78 is 2.24. The zero-order chi connectivity index (χ0) is 15.7. The number of benzene rings is 2. The Hall–Kier alpha value is -2.82. The summed E-state index contributed by atoms with van der Waals surface area (Å²) in [6.45, 7) is 2.98. The second kappa shape index (κ2) is 5.52. The maximum Gasteiger partial charge on any atom is 0.233 e. The number of hydrogen-bond donors (Lipinski definition) is 2. The molecule has 3 N–H and O–H groups in total. The number of para-hydroxylation sites is 1. The van der Waals surface area contributed by atoms with Crippen molar-refractivity contribution in [3.8, 4) is 0 Å².